The fourth-order valence-corrected chi connectivity index (χ4v) is 6.06. The maximum Gasteiger partial charge on any atom is 0.253 e. The number of halogens is 1. The molecule has 3 nitrogen and oxygen atoms in total. The molecule has 160 valence electrons. The normalized spacial score (nSPS) is 17.3. The largest absolute Gasteiger partial charge is 0.339 e. The molecule has 0 bridgehead atoms. The number of thioether (sulfide) groups is 1. The minimum Gasteiger partial charge on any atom is -0.339 e. The van der Waals surface area contributed by atoms with E-state index < -0.39 is 0 Å². The van der Waals surface area contributed by atoms with E-state index in [1.165, 1.54) is 40.8 Å². The third-order valence-electron chi connectivity index (χ3n) is 6.46. The van der Waals surface area contributed by atoms with Crippen molar-refractivity contribution in [3.8, 4) is 0 Å². The first kappa shape index (κ1) is 21.7. The third kappa shape index (κ3) is 5.04. The number of hydrogen-bond acceptors (Lipinski definition) is 3. The van der Waals surface area contributed by atoms with E-state index in [9.17, 15) is 4.79 Å². The van der Waals surface area contributed by atoms with Crippen molar-refractivity contribution in [2.45, 2.75) is 61.6 Å². The summed E-state index contributed by atoms with van der Waals surface area (Å²) in [7, 11) is 1.96. The van der Waals surface area contributed by atoms with Crippen molar-refractivity contribution in [1.82, 2.24) is 10.2 Å². The Labute approximate surface area is 189 Å². The topological polar surface area (TPSA) is 32.3 Å². The molecule has 1 fully saturated rings. The van der Waals surface area contributed by atoms with Crippen LogP contribution in [0.15, 0.2) is 41.3 Å². The summed E-state index contributed by atoms with van der Waals surface area (Å²) < 4.78 is 0. The molecule has 5 heteroatoms. The van der Waals surface area contributed by atoms with Crippen LogP contribution in [0.3, 0.4) is 0 Å². The molecule has 1 N–H and O–H groups in total. The Kier molecular flexibility index (Phi) is 7.40. The Morgan fingerprint density at radius 1 is 1.07 bits per heavy atom. The van der Waals surface area contributed by atoms with Crippen LogP contribution in [0, 0.1) is 0 Å². The Morgan fingerprint density at radius 3 is 2.57 bits per heavy atom. The predicted octanol–water partition coefficient (Wildman–Crippen LogP) is 5.73. The highest BCUT2D eigenvalue weighted by atomic mass is 35.5. The summed E-state index contributed by atoms with van der Waals surface area (Å²) in [6.45, 7) is 2.04. The van der Waals surface area contributed by atoms with Crippen LogP contribution < -0.4 is 5.32 Å². The zero-order valence-corrected chi connectivity index (χ0v) is 19.3. The molecule has 0 spiro atoms. The molecular weight excluding hydrogens is 412 g/mol. The van der Waals surface area contributed by atoms with Crippen LogP contribution in [-0.4, -0.2) is 37.0 Å². The van der Waals surface area contributed by atoms with Crippen molar-refractivity contribution in [3.63, 3.8) is 0 Å². The molecule has 0 atom stereocenters. The minimum absolute atomic E-state index is 0.144. The second-order valence-electron chi connectivity index (χ2n) is 8.46. The van der Waals surface area contributed by atoms with Crippen molar-refractivity contribution in [3.05, 3.63) is 63.7 Å². The van der Waals surface area contributed by atoms with Crippen LogP contribution in [0.25, 0.3) is 0 Å². The quantitative estimate of drug-likeness (QED) is 0.600. The van der Waals surface area contributed by atoms with Gasteiger partial charge in [-0.3, -0.25) is 4.79 Å². The van der Waals surface area contributed by atoms with Crippen LogP contribution in [0.4, 0.5) is 0 Å². The number of rotatable bonds is 5. The maximum atomic E-state index is 12.9. The average molecular weight is 443 g/mol. The molecule has 2 aliphatic rings. The molecular formula is C25H31ClN2OS. The molecule has 30 heavy (non-hydrogen) atoms. The standard InChI is InChI=1S/C25H31ClN2OS/c1-28(21-5-3-2-4-6-21)25(29)20-9-7-18(8-10-20)17-30-24-22-14-16-27-15-13-19(22)11-12-23(24)26/h7-12,21,27H,2-6,13-17H2,1H3. The summed E-state index contributed by atoms with van der Waals surface area (Å²) in [5, 5.41) is 4.32. The van der Waals surface area contributed by atoms with Crippen LogP contribution in [0.1, 0.15) is 59.2 Å². The molecule has 1 aliphatic carbocycles. The Morgan fingerprint density at radius 2 is 1.80 bits per heavy atom. The van der Waals surface area contributed by atoms with Gasteiger partial charge < -0.3 is 10.2 Å². The van der Waals surface area contributed by atoms with Crippen LogP contribution >= 0.6 is 23.4 Å². The second-order valence-corrected chi connectivity index (χ2v) is 9.85. The lowest BCUT2D eigenvalue weighted by Crippen LogP contribution is -2.38. The lowest BCUT2D eigenvalue weighted by Gasteiger charge is -2.31. The third-order valence-corrected chi connectivity index (χ3v) is 8.12. The molecule has 0 saturated heterocycles. The molecule has 1 aliphatic heterocycles. The minimum atomic E-state index is 0.144. The smallest absolute Gasteiger partial charge is 0.253 e. The highest BCUT2D eigenvalue weighted by Gasteiger charge is 2.23. The lowest BCUT2D eigenvalue weighted by molar-refractivity contribution is 0.0696. The Hall–Kier alpha value is -1.49. The van der Waals surface area contributed by atoms with Gasteiger partial charge in [0.2, 0.25) is 0 Å². The first-order chi connectivity index (χ1) is 14.6. The van der Waals surface area contributed by atoms with Gasteiger partial charge in [0.1, 0.15) is 0 Å². The zero-order valence-electron chi connectivity index (χ0n) is 17.8. The van der Waals surface area contributed by atoms with Crippen molar-refractivity contribution < 1.29 is 4.79 Å². The number of nitrogens with zero attached hydrogens (tertiary/aromatic N) is 1. The maximum absolute atomic E-state index is 12.9. The SMILES string of the molecule is CN(C(=O)c1ccc(CSc2c(Cl)ccc3c2CCNCC3)cc1)C1CCCCC1. The van der Waals surface area contributed by atoms with Gasteiger partial charge in [-0.2, -0.15) is 0 Å². The van der Waals surface area contributed by atoms with Gasteiger partial charge in [0.25, 0.3) is 5.91 Å². The molecule has 0 radical (unpaired) electrons. The summed E-state index contributed by atoms with van der Waals surface area (Å²) in [4.78, 5) is 16.0. The van der Waals surface area contributed by atoms with Gasteiger partial charge in [0.05, 0.1) is 5.02 Å². The first-order valence-corrected chi connectivity index (χ1v) is 12.5. The van der Waals surface area contributed by atoms with Gasteiger partial charge in [-0.1, -0.05) is 49.1 Å². The van der Waals surface area contributed by atoms with Crippen molar-refractivity contribution in [1.29, 1.82) is 0 Å². The number of carbonyl (C=O) groups is 1. The Balaban J connectivity index is 1.41. The molecule has 1 saturated carbocycles. The van der Waals surface area contributed by atoms with Crippen molar-refractivity contribution >= 4 is 29.3 Å². The number of nitrogens with one attached hydrogen (secondary N) is 1. The van der Waals surface area contributed by atoms with E-state index >= 15 is 0 Å². The first-order valence-electron chi connectivity index (χ1n) is 11.1. The van der Waals surface area contributed by atoms with E-state index in [-0.39, 0.29) is 5.91 Å². The van der Waals surface area contributed by atoms with E-state index in [1.807, 2.05) is 41.9 Å². The molecule has 4 rings (SSSR count). The van der Waals surface area contributed by atoms with Gasteiger partial charge in [0.15, 0.2) is 0 Å². The summed E-state index contributed by atoms with van der Waals surface area (Å²) in [5.41, 5.74) is 4.82. The number of amides is 1. The monoisotopic (exact) mass is 442 g/mol. The average Bonchev–Trinajstić information content (AvgIpc) is 3.04. The number of fused-ring (bicyclic) bond motifs is 1. The van der Waals surface area contributed by atoms with E-state index in [1.54, 1.807) is 0 Å². The summed E-state index contributed by atoms with van der Waals surface area (Å²) in [6.07, 6.45) is 8.13. The van der Waals surface area contributed by atoms with Crippen molar-refractivity contribution in [2.24, 2.45) is 0 Å². The van der Waals surface area contributed by atoms with E-state index in [2.05, 4.69) is 23.5 Å². The molecule has 1 amide bonds. The zero-order chi connectivity index (χ0) is 20.9. The molecule has 1 heterocycles. The van der Waals surface area contributed by atoms with Gasteiger partial charge in [0, 0.05) is 29.3 Å². The van der Waals surface area contributed by atoms with Crippen LogP contribution in [-0.2, 0) is 18.6 Å². The summed E-state index contributed by atoms with van der Waals surface area (Å²) in [6, 6.07) is 12.8. The molecule has 0 unspecified atom stereocenters. The highest BCUT2D eigenvalue weighted by Crippen LogP contribution is 2.36. The van der Waals surface area contributed by atoms with E-state index in [4.69, 9.17) is 11.6 Å². The summed E-state index contributed by atoms with van der Waals surface area (Å²) >= 11 is 8.38. The van der Waals surface area contributed by atoms with E-state index in [0.717, 1.165) is 55.1 Å². The van der Waals surface area contributed by atoms with E-state index in [0.29, 0.717) is 6.04 Å². The molecule has 2 aromatic rings. The van der Waals surface area contributed by atoms with Crippen LogP contribution in [0.5, 0.6) is 0 Å². The lowest BCUT2D eigenvalue weighted by atomic mass is 9.94. The van der Waals surface area contributed by atoms with Crippen LogP contribution in [0.2, 0.25) is 5.02 Å². The van der Waals surface area contributed by atoms with Gasteiger partial charge in [-0.15, -0.1) is 11.8 Å². The van der Waals surface area contributed by atoms with Gasteiger partial charge in [-0.25, -0.2) is 0 Å². The number of carbonyl (C=O) groups excluding carboxylic acids is 1. The van der Waals surface area contributed by atoms with Gasteiger partial charge in [-0.05, 0) is 73.7 Å². The predicted molar refractivity (Wildman–Crippen MR) is 127 cm³/mol. The highest BCUT2D eigenvalue weighted by molar-refractivity contribution is 7.98. The Bertz CT molecular complexity index is 877. The molecule has 2 aromatic carbocycles. The summed E-state index contributed by atoms with van der Waals surface area (Å²) in [5.74, 6) is 1.00. The van der Waals surface area contributed by atoms with Gasteiger partial charge >= 0.3 is 0 Å². The fraction of sp³-hybridized carbons (Fsp3) is 0.480. The van der Waals surface area contributed by atoms with Crippen molar-refractivity contribution in [2.75, 3.05) is 20.1 Å². The fourth-order valence-electron chi connectivity index (χ4n) is 4.60. The number of benzene rings is 2. The molecule has 0 aromatic heterocycles. The number of hydrogen-bond donors (Lipinski definition) is 1. The second kappa shape index (κ2) is 10.2.